The summed E-state index contributed by atoms with van der Waals surface area (Å²) >= 11 is 0. The number of amides is 1. The van der Waals surface area contributed by atoms with Gasteiger partial charge in [-0.15, -0.1) is 0 Å². The van der Waals surface area contributed by atoms with Crippen molar-refractivity contribution in [1.82, 2.24) is 5.32 Å². The largest absolute Gasteiger partial charge is 0.353 e. The van der Waals surface area contributed by atoms with Gasteiger partial charge in [-0.05, 0) is 42.4 Å². The Hall–Kier alpha value is -0.570. The van der Waals surface area contributed by atoms with E-state index >= 15 is 0 Å². The molecule has 2 aliphatic rings. The van der Waals surface area contributed by atoms with Crippen LogP contribution in [0.2, 0.25) is 0 Å². The van der Waals surface area contributed by atoms with E-state index in [2.05, 4.69) is 39.9 Å². The highest BCUT2D eigenvalue weighted by molar-refractivity contribution is 5.80. The Labute approximate surface area is 130 Å². The Morgan fingerprint density at radius 1 is 1.10 bits per heavy atom. The minimum atomic E-state index is -0.00866. The van der Waals surface area contributed by atoms with Gasteiger partial charge in [-0.25, -0.2) is 0 Å². The molecule has 0 aromatic heterocycles. The lowest BCUT2D eigenvalue weighted by Crippen LogP contribution is -2.54. The lowest BCUT2D eigenvalue weighted by molar-refractivity contribution is -0.134. The van der Waals surface area contributed by atoms with Gasteiger partial charge in [0.25, 0.3) is 0 Å². The van der Waals surface area contributed by atoms with E-state index in [0.717, 1.165) is 25.2 Å². The summed E-state index contributed by atoms with van der Waals surface area (Å²) < 4.78 is 0. The summed E-state index contributed by atoms with van der Waals surface area (Å²) in [5, 5.41) is 3.38. The van der Waals surface area contributed by atoms with Crippen LogP contribution in [0.4, 0.5) is 0 Å². The predicted octanol–water partition coefficient (Wildman–Crippen LogP) is 3.33. The van der Waals surface area contributed by atoms with Crippen LogP contribution in [-0.2, 0) is 4.79 Å². The van der Waals surface area contributed by atoms with E-state index in [9.17, 15) is 4.79 Å². The van der Waals surface area contributed by atoms with Gasteiger partial charge in [0.2, 0.25) is 5.91 Å². The van der Waals surface area contributed by atoms with Crippen molar-refractivity contribution in [3.63, 3.8) is 0 Å². The van der Waals surface area contributed by atoms with E-state index in [1.54, 1.807) is 0 Å². The summed E-state index contributed by atoms with van der Waals surface area (Å²) in [5.74, 6) is 2.08. The molecule has 2 fully saturated rings. The van der Waals surface area contributed by atoms with Crippen LogP contribution in [0, 0.1) is 29.1 Å². The lowest BCUT2D eigenvalue weighted by Gasteiger charge is -2.47. The Morgan fingerprint density at radius 2 is 1.76 bits per heavy atom. The minimum Gasteiger partial charge on any atom is -0.353 e. The summed E-state index contributed by atoms with van der Waals surface area (Å²) in [4.78, 5) is 12.8. The van der Waals surface area contributed by atoms with Gasteiger partial charge in [-0.3, -0.25) is 4.79 Å². The minimum absolute atomic E-state index is 0.00866. The van der Waals surface area contributed by atoms with E-state index in [0.29, 0.717) is 17.9 Å². The fraction of sp³-hybridized carbons (Fsp3) is 0.944. The number of nitrogens with two attached hydrogens (primary N) is 1. The van der Waals surface area contributed by atoms with Crippen LogP contribution in [0.5, 0.6) is 0 Å². The molecule has 0 saturated heterocycles. The van der Waals surface area contributed by atoms with Crippen molar-refractivity contribution >= 4 is 5.91 Å². The molecule has 0 bridgehead atoms. The van der Waals surface area contributed by atoms with Crippen molar-refractivity contribution in [2.45, 2.75) is 78.8 Å². The zero-order chi connectivity index (χ0) is 15.8. The number of hydrogen-bond donors (Lipinski definition) is 2. The van der Waals surface area contributed by atoms with Gasteiger partial charge < -0.3 is 11.1 Å². The molecular weight excluding hydrogens is 260 g/mol. The van der Waals surface area contributed by atoms with Crippen LogP contribution in [0.1, 0.15) is 66.7 Å². The highest BCUT2D eigenvalue weighted by Gasteiger charge is 2.45. The first-order valence-corrected chi connectivity index (χ1v) is 8.81. The molecule has 0 aliphatic heterocycles. The molecule has 2 saturated carbocycles. The van der Waals surface area contributed by atoms with E-state index in [1.807, 2.05) is 0 Å². The zero-order valence-corrected chi connectivity index (χ0v) is 14.5. The average molecular weight is 294 g/mol. The van der Waals surface area contributed by atoms with Crippen molar-refractivity contribution in [2.75, 3.05) is 0 Å². The molecule has 2 rings (SSSR count). The molecule has 2 aliphatic carbocycles. The van der Waals surface area contributed by atoms with E-state index in [1.165, 1.54) is 12.8 Å². The molecule has 21 heavy (non-hydrogen) atoms. The Kier molecular flexibility index (Phi) is 5.02. The normalized spacial score (nSPS) is 43.3. The molecule has 3 nitrogen and oxygen atoms in total. The molecule has 0 aromatic rings. The standard InChI is InChI=1S/C18H34N2O/c1-11-7-6-8-16(12(11)2)20-17(21)14-9-10-15(19)13(3)18(14,4)5/h11-16H,6-10,19H2,1-5H3,(H,20,21). The topological polar surface area (TPSA) is 55.1 Å². The van der Waals surface area contributed by atoms with Gasteiger partial charge in [0, 0.05) is 18.0 Å². The van der Waals surface area contributed by atoms with Crippen molar-refractivity contribution in [1.29, 1.82) is 0 Å². The molecule has 0 radical (unpaired) electrons. The quantitative estimate of drug-likeness (QED) is 0.821. The number of hydrogen-bond acceptors (Lipinski definition) is 2. The van der Waals surface area contributed by atoms with Gasteiger partial charge in [0.1, 0.15) is 0 Å². The maximum atomic E-state index is 12.8. The Bertz CT molecular complexity index is 379. The maximum absolute atomic E-state index is 12.8. The second kappa shape index (κ2) is 6.28. The first kappa shape index (κ1) is 16.8. The van der Waals surface area contributed by atoms with Gasteiger partial charge in [0.05, 0.1) is 0 Å². The van der Waals surface area contributed by atoms with Crippen molar-refractivity contribution in [2.24, 2.45) is 34.8 Å². The molecule has 6 unspecified atom stereocenters. The number of rotatable bonds is 2. The molecule has 0 aromatic carbocycles. The van der Waals surface area contributed by atoms with Crippen LogP contribution in [0.3, 0.4) is 0 Å². The molecule has 122 valence electrons. The SMILES string of the molecule is CC1CCCC(NC(=O)C2CCC(N)C(C)C2(C)C)C1C. The van der Waals surface area contributed by atoms with Crippen molar-refractivity contribution in [3.8, 4) is 0 Å². The van der Waals surface area contributed by atoms with Gasteiger partial charge in [0.15, 0.2) is 0 Å². The number of carbonyl (C=O) groups excluding carboxylic acids is 1. The second-order valence-corrected chi connectivity index (χ2v) is 8.29. The molecule has 1 amide bonds. The molecule has 0 heterocycles. The van der Waals surface area contributed by atoms with Crippen LogP contribution in [-0.4, -0.2) is 18.0 Å². The first-order valence-electron chi connectivity index (χ1n) is 8.81. The third-order valence-corrected chi connectivity index (χ3v) is 6.85. The molecule has 3 heteroatoms. The van der Waals surface area contributed by atoms with Crippen LogP contribution >= 0.6 is 0 Å². The Balaban J connectivity index is 2.03. The summed E-state index contributed by atoms with van der Waals surface area (Å²) in [6, 6.07) is 0.598. The molecular formula is C18H34N2O. The molecule has 6 atom stereocenters. The van der Waals surface area contributed by atoms with E-state index < -0.39 is 0 Å². The lowest BCUT2D eigenvalue weighted by atomic mass is 9.60. The van der Waals surface area contributed by atoms with Crippen LogP contribution < -0.4 is 11.1 Å². The monoisotopic (exact) mass is 294 g/mol. The molecule has 3 N–H and O–H groups in total. The van der Waals surface area contributed by atoms with Gasteiger partial charge in [-0.1, -0.05) is 47.5 Å². The number of carbonyl (C=O) groups is 1. The number of nitrogens with one attached hydrogen (secondary N) is 1. The first-order chi connectivity index (χ1) is 9.75. The molecule has 0 spiro atoms. The summed E-state index contributed by atoms with van der Waals surface area (Å²) in [6.07, 6.45) is 5.58. The fourth-order valence-corrected chi connectivity index (χ4v) is 4.39. The maximum Gasteiger partial charge on any atom is 0.223 e. The zero-order valence-electron chi connectivity index (χ0n) is 14.5. The van der Waals surface area contributed by atoms with E-state index in [4.69, 9.17) is 5.73 Å². The third-order valence-electron chi connectivity index (χ3n) is 6.85. The average Bonchev–Trinajstić information content (AvgIpc) is 2.41. The summed E-state index contributed by atoms with van der Waals surface area (Å²) in [5.41, 5.74) is 6.20. The van der Waals surface area contributed by atoms with Crippen LogP contribution in [0.25, 0.3) is 0 Å². The van der Waals surface area contributed by atoms with Crippen LogP contribution in [0.15, 0.2) is 0 Å². The summed E-state index contributed by atoms with van der Waals surface area (Å²) in [7, 11) is 0. The highest BCUT2D eigenvalue weighted by Crippen LogP contribution is 2.44. The smallest absolute Gasteiger partial charge is 0.223 e. The Morgan fingerprint density at radius 3 is 2.43 bits per heavy atom. The summed E-state index contributed by atoms with van der Waals surface area (Å²) in [6.45, 7) is 11.2. The van der Waals surface area contributed by atoms with Crippen molar-refractivity contribution < 1.29 is 4.79 Å². The van der Waals surface area contributed by atoms with Gasteiger partial charge >= 0.3 is 0 Å². The van der Waals surface area contributed by atoms with Crippen molar-refractivity contribution in [3.05, 3.63) is 0 Å². The third kappa shape index (κ3) is 3.28. The van der Waals surface area contributed by atoms with E-state index in [-0.39, 0.29) is 23.3 Å². The van der Waals surface area contributed by atoms with Gasteiger partial charge in [-0.2, -0.15) is 0 Å². The predicted molar refractivity (Wildman–Crippen MR) is 87.8 cm³/mol. The fourth-order valence-electron chi connectivity index (χ4n) is 4.39. The highest BCUT2D eigenvalue weighted by atomic mass is 16.2. The second-order valence-electron chi connectivity index (χ2n) is 8.29.